The largest absolute Gasteiger partial charge is 0.508 e. The molecule has 0 aliphatic carbocycles. The second-order valence-electron chi connectivity index (χ2n) is 3.53. The number of rotatable bonds is 2. The second kappa shape index (κ2) is 4.89. The quantitative estimate of drug-likeness (QED) is 0.486. The summed E-state index contributed by atoms with van der Waals surface area (Å²) in [5, 5.41) is 13.7. The number of hydrogen-bond acceptors (Lipinski definition) is 3. The minimum atomic E-state index is 0.209. The summed E-state index contributed by atoms with van der Waals surface area (Å²) >= 11 is 5.82. The van der Waals surface area contributed by atoms with Crippen LogP contribution in [0, 0.1) is 0 Å². The van der Waals surface area contributed by atoms with Gasteiger partial charge in [0.25, 0.3) is 0 Å². The molecule has 0 aliphatic rings. The van der Waals surface area contributed by atoms with Crippen LogP contribution >= 0.6 is 11.6 Å². The molecule has 0 aromatic heterocycles. The molecule has 2 aromatic carbocycles. The fraction of sp³-hybridized carbons (Fsp3) is 0. The van der Waals surface area contributed by atoms with E-state index in [0.29, 0.717) is 10.7 Å². The van der Waals surface area contributed by atoms with Crippen molar-refractivity contribution in [1.29, 1.82) is 0 Å². The Morgan fingerprint density at radius 3 is 1.88 bits per heavy atom. The number of nitrogens with zero attached hydrogens (tertiary/aromatic N) is 1. The Balaban J connectivity index is 2.41. The van der Waals surface area contributed by atoms with Crippen LogP contribution in [-0.4, -0.2) is 10.8 Å². The van der Waals surface area contributed by atoms with Gasteiger partial charge in [-0.25, -0.2) is 0 Å². The van der Waals surface area contributed by atoms with E-state index in [1.54, 1.807) is 36.4 Å². The minimum absolute atomic E-state index is 0.209. The van der Waals surface area contributed by atoms with Gasteiger partial charge in [-0.05, 0) is 36.4 Å². The van der Waals surface area contributed by atoms with Gasteiger partial charge in [0.1, 0.15) is 5.75 Å². The van der Waals surface area contributed by atoms with Gasteiger partial charge in [0.2, 0.25) is 0 Å². The lowest BCUT2D eigenvalue weighted by atomic mass is 10.0. The number of benzene rings is 2. The highest BCUT2D eigenvalue weighted by Gasteiger charge is 2.06. The summed E-state index contributed by atoms with van der Waals surface area (Å²) in [6.07, 6.45) is 0. The average Bonchev–Trinajstić information content (AvgIpc) is 2.35. The van der Waals surface area contributed by atoms with Crippen LogP contribution < -0.4 is 5.84 Å². The van der Waals surface area contributed by atoms with Crippen molar-refractivity contribution in [3.63, 3.8) is 0 Å². The first-order valence-electron chi connectivity index (χ1n) is 5.04. The van der Waals surface area contributed by atoms with E-state index < -0.39 is 0 Å². The highest BCUT2D eigenvalue weighted by molar-refractivity contribution is 6.30. The van der Waals surface area contributed by atoms with Crippen LogP contribution in [0.15, 0.2) is 53.6 Å². The lowest BCUT2D eigenvalue weighted by Gasteiger charge is -2.06. The Morgan fingerprint density at radius 1 is 0.941 bits per heavy atom. The Hall–Kier alpha value is -2.00. The standard InChI is InChI=1S/C13H11ClN2O/c14-11-5-1-9(2-6-11)13(16-15)10-3-7-12(17)8-4-10/h1-8,17H,15H2/b16-13-. The predicted molar refractivity (Wildman–Crippen MR) is 69.4 cm³/mol. The topological polar surface area (TPSA) is 58.6 Å². The summed E-state index contributed by atoms with van der Waals surface area (Å²) in [7, 11) is 0. The monoisotopic (exact) mass is 246 g/mol. The summed E-state index contributed by atoms with van der Waals surface area (Å²) in [6.45, 7) is 0. The first-order valence-corrected chi connectivity index (χ1v) is 5.42. The molecule has 0 saturated heterocycles. The Morgan fingerprint density at radius 2 is 1.41 bits per heavy atom. The number of hydrazone groups is 1. The Kier molecular flexibility index (Phi) is 3.30. The number of aromatic hydroxyl groups is 1. The average molecular weight is 247 g/mol. The zero-order valence-electron chi connectivity index (χ0n) is 8.97. The van der Waals surface area contributed by atoms with E-state index in [1.807, 2.05) is 12.1 Å². The zero-order chi connectivity index (χ0) is 12.3. The van der Waals surface area contributed by atoms with Gasteiger partial charge in [0.15, 0.2) is 0 Å². The van der Waals surface area contributed by atoms with Gasteiger partial charge in [-0.15, -0.1) is 0 Å². The zero-order valence-corrected chi connectivity index (χ0v) is 9.72. The molecule has 2 aromatic rings. The fourth-order valence-electron chi connectivity index (χ4n) is 1.54. The van der Waals surface area contributed by atoms with E-state index in [-0.39, 0.29) is 5.75 Å². The number of phenolic OH excluding ortho intramolecular Hbond substituents is 1. The molecule has 0 amide bonds. The van der Waals surface area contributed by atoms with Crippen LogP contribution in [0.25, 0.3) is 0 Å². The fourth-order valence-corrected chi connectivity index (χ4v) is 1.67. The van der Waals surface area contributed by atoms with Gasteiger partial charge in [0.05, 0.1) is 5.71 Å². The normalized spacial score (nSPS) is 11.5. The van der Waals surface area contributed by atoms with Gasteiger partial charge in [0, 0.05) is 16.1 Å². The molecule has 0 radical (unpaired) electrons. The van der Waals surface area contributed by atoms with Gasteiger partial charge >= 0.3 is 0 Å². The summed E-state index contributed by atoms with van der Waals surface area (Å²) in [5.74, 6) is 5.61. The van der Waals surface area contributed by atoms with Crippen LogP contribution in [0.4, 0.5) is 0 Å². The Bertz CT molecular complexity index is 485. The SMILES string of the molecule is N/N=C(\c1ccc(O)cc1)c1ccc(Cl)cc1. The molecule has 0 unspecified atom stereocenters. The highest BCUT2D eigenvalue weighted by atomic mass is 35.5. The summed E-state index contributed by atoms with van der Waals surface area (Å²) in [4.78, 5) is 0. The third kappa shape index (κ3) is 2.57. The van der Waals surface area contributed by atoms with Crippen molar-refractivity contribution in [3.8, 4) is 5.75 Å². The molecule has 0 spiro atoms. The van der Waals surface area contributed by atoms with Gasteiger partial charge in [-0.2, -0.15) is 5.10 Å². The van der Waals surface area contributed by atoms with Crippen LogP contribution in [0.3, 0.4) is 0 Å². The summed E-state index contributed by atoms with van der Waals surface area (Å²) in [5.41, 5.74) is 2.37. The molecular formula is C13H11ClN2O. The van der Waals surface area contributed by atoms with Crippen LogP contribution in [-0.2, 0) is 0 Å². The van der Waals surface area contributed by atoms with E-state index in [1.165, 1.54) is 0 Å². The first-order chi connectivity index (χ1) is 8.20. The minimum Gasteiger partial charge on any atom is -0.508 e. The number of phenols is 1. The molecule has 3 N–H and O–H groups in total. The highest BCUT2D eigenvalue weighted by Crippen LogP contribution is 2.16. The number of hydrogen-bond donors (Lipinski definition) is 2. The Labute approximate surface area is 104 Å². The van der Waals surface area contributed by atoms with Crippen LogP contribution in [0.5, 0.6) is 5.75 Å². The van der Waals surface area contributed by atoms with Crippen LogP contribution in [0.1, 0.15) is 11.1 Å². The molecule has 0 fully saturated rings. The van der Waals surface area contributed by atoms with Crippen molar-refractivity contribution >= 4 is 17.3 Å². The molecule has 4 heteroatoms. The summed E-state index contributed by atoms with van der Waals surface area (Å²) < 4.78 is 0. The van der Waals surface area contributed by atoms with Crippen molar-refractivity contribution in [3.05, 3.63) is 64.7 Å². The molecule has 0 atom stereocenters. The predicted octanol–water partition coefficient (Wildman–Crippen LogP) is 2.76. The van der Waals surface area contributed by atoms with Crippen LogP contribution in [0.2, 0.25) is 5.02 Å². The van der Waals surface area contributed by atoms with E-state index >= 15 is 0 Å². The molecule has 17 heavy (non-hydrogen) atoms. The first kappa shape index (κ1) is 11.5. The lowest BCUT2D eigenvalue weighted by molar-refractivity contribution is 0.475. The lowest BCUT2D eigenvalue weighted by Crippen LogP contribution is -2.05. The maximum absolute atomic E-state index is 9.23. The molecule has 0 saturated carbocycles. The van der Waals surface area contributed by atoms with E-state index in [4.69, 9.17) is 17.4 Å². The van der Waals surface area contributed by atoms with Crippen molar-refractivity contribution in [2.75, 3.05) is 0 Å². The van der Waals surface area contributed by atoms with Crippen molar-refractivity contribution < 1.29 is 5.11 Å². The number of halogens is 1. The molecular weight excluding hydrogens is 236 g/mol. The second-order valence-corrected chi connectivity index (χ2v) is 3.97. The van der Waals surface area contributed by atoms with Gasteiger partial charge in [-0.3, -0.25) is 0 Å². The van der Waals surface area contributed by atoms with E-state index in [0.717, 1.165) is 11.1 Å². The third-order valence-corrected chi connectivity index (χ3v) is 2.64. The molecule has 86 valence electrons. The summed E-state index contributed by atoms with van der Waals surface area (Å²) in [6, 6.07) is 14.0. The van der Waals surface area contributed by atoms with E-state index in [2.05, 4.69) is 5.10 Å². The molecule has 0 bridgehead atoms. The van der Waals surface area contributed by atoms with Crippen molar-refractivity contribution in [2.24, 2.45) is 10.9 Å². The van der Waals surface area contributed by atoms with Gasteiger partial charge < -0.3 is 10.9 Å². The number of nitrogens with two attached hydrogens (primary N) is 1. The van der Waals surface area contributed by atoms with E-state index in [9.17, 15) is 5.11 Å². The maximum Gasteiger partial charge on any atom is 0.115 e. The molecule has 0 aliphatic heterocycles. The molecule has 0 heterocycles. The van der Waals surface area contributed by atoms with Crippen molar-refractivity contribution in [2.45, 2.75) is 0 Å². The molecule has 3 nitrogen and oxygen atoms in total. The van der Waals surface area contributed by atoms with Crippen molar-refractivity contribution in [1.82, 2.24) is 0 Å². The third-order valence-electron chi connectivity index (χ3n) is 2.39. The smallest absolute Gasteiger partial charge is 0.115 e. The van der Waals surface area contributed by atoms with Gasteiger partial charge in [-0.1, -0.05) is 23.7 Å². The maximum atomic E-state index is 9.23. The molecule has 2 rings (SSSR count).